The third kappa shape index (κ3) is 4.91. The molecule has 0 radical (unpaired) electrons. The van der Waals surface area contributed by atoms with Crippen LogP contribution in [0.5, 0.6) is 5.75 Å². The minimum atomic E-state index is -0.900. The summed E-state index contributed by atoms with van der Waals surface area (Å²) < 4.78 is 17.9. The maximum absolute atomic E-state index is 12.4. The van der Waals surface area contributed by atoms with Gasteiger partial charge in [0.25, 0.3) is 0 Å². The van der Waals surface area contributed by atoms with Crippen molar-refractivity contribution in [2.45, 2.75) is 45.4 Å². The topological polar surface area (TPSA) is 38.3 Å². The molecule has 0 aromatic heterocycles. The van der Waals surface area contributed by atoms with E-state index in [0.29, 0.717) is 12.4 Å². The molecule has 0 bridgehead atoms. The third-order valence-electron chi connectivity index (χ3n) is 3.05. The van der Waals surface area contributed by atoms with Gasteiger partial charge in [-0.05, 0) is 40.3 Å². The van der Waals surface area contributed by atoms with E-state index in [1.807, 2.05) is 45.9 Å². The molecule has 0 fully saturated rings. The van der Waals surface area contributed by atoms with Crippen LogP contribution >= 0.6 is 0 Å². The Balaban J connectivity index is 2.99. The standard InChI is InChI=1S/C16H27NO2S/c1-6-17-14(12-20(18)16(3,4)5)13-10-8-9-11-15(13)19-7-2/h8-11,14,17H,6-7,12H2,1-5H3. The lowest BCUT2D eigenvalue weighted by Gasteiger charge is -2.25. The van der Waals surface area contributed by atoms with Gasteiger partial charge in [0.2, 0.25) is 0 Å². The molecule has 1 N–H and O–H groups in total. The molecular formula is C16H27NO2S. The van der Waals surface area contributed by atoms with Crippen molar-refractivity contribution >= 4 is 10.8 Å². The Morgan fingerprint density at radius 1 is 1.25 bits per heavy atom. The first-order valence-corrected chi connectivity index (χ1v) is 8.55. The predicted molar refractivity (Wildman–Crippen MR) is 86.8 cm³/mol. The van der Waals surface area contributed by atoms with Gasteiger partial charge >= 0.3 is 0 Å². The molecule has 1 aromatic carbocycles. The molecule has 0 aliphatic rings. The smallest absolute Gasteiger partial charge is 0.124 e. The van der Waals surface area contributed by atoms with Crippen molar-refractivity contribution in [1.82, 2.24) is 5.32 Å². The van der Waals surface area contributed by atoms with Crippen molar-refractivity contribution < 1.29 is 8.95 Å². The van der Waals surface area contributed by atoms with Crippen molar-refractivity contribution in [3.63, 3.8) is 0 Å². The highest BCUT2D eigenvalue weighted by Gasteiger charge is 2.25. The second-order valence-corrected chi connectivity index (χ2v) is 7.95. The van der Waals surface area contributed by atoms with Crippen LogP contribution < -0.4 is 10.1 Å². The maximum atomic E-state index is 12.4. The van der Waals surface area contributed by atoms with Crippen LogP contribution in [0.3, 0.4) is 0 Å². The van der Waals surface area contributed by atoms with Gasteiger partial charge in [-0.15, -0.1) is 0 Å². The van der Waals surface area contributed by atoms with Gasteiger partial charge in [0.05, 0.1) is 6.61 Å². The maximum Gasteiger partial charge on any atom is 0.124 e. The zero-order valence-electron chi connectivity index (χ0n) is 13.2. The van der Waals surface area contributed by atoms with Crippen LogP contribution in [0.2, 0.25) is 0 Å². The lowest BCUT2D eigenvalue weighted by Crippen LogP contribution is -2.33. The Morgan fingerprint density at radius 2 is 1.90 bits per heavy atom. The summed E-state index contributed by atoms with van der Waals surface area (Å²) in [5.41, 5.74) is 1.09. The van der Waals surface area contributed by atoms with E-state index in [-0.39, 0.29) is 10.8 Å². The van der Waals surface area contributed by atoms with Crippen molar-refractivity contribution in [1.29, 1.82) is 0 Å². The van der Waals surface area contributed by atoms with Gasteiger partial charge in [-0.1, -0.05) is 25.1 Å². The molecule has 0 saturated heterocycles. The summed E-state index contributed by atoms with van der Waals surface area (Å²) in [6, 6.07) is 8.06. The van der Waals surface area contributed by atoms with E-state index in [0.717, 1.165) is 17.9 Å². The monoisotopic (exact) mass is 297 g/mol. The number of hydrogen-bond acceptors (Lipinski definition) is 3. The fourth-order valence-corrected chi connectivity index (χ4v) is 3.06. The molecule has 4 heteroatoms. The molecule has 1 rings (SSSR count). The molecular weight excluding hydrogens is 270 g/mol. The Labute approximate surface area is 125 Å². The number of ether oxygens (including phenoxy) is 1. The molecule has 0 heterocycles. The average molecular weight is 297 g/mol. The van der Waals surface area contributed by atoms with Gasteiger partial charge in [-0.25, -0.2) is 0 Å². The van der Waals surface area contributed by atoms with Crippen LogP contribution in [-0.2, 0) is 10.8 Å². The Bertz CT molecular complexity index is 440. The molecule has 2 unspecified atom stereocenters. The van der Waals surface area contributed by atoms with Gasteiger partial charge in [-0.2, -0.15) is 0 Å². The second-order valence-electron chi connectivity index (χ2n) is 5.71. The van der Waals surface area contributed by atoms with Gasteiger partial charge in [0.1, 0.15) is 5.75 Å². The predicted octanol–water partition coefficient (Wildman–Crippen LogP) is 3.28. The van der Waals surface area contributed by atoms with Crippen LogP contribution in [0.1, 0.15) is 46.2 Å². The first-order chi connectivity index (χ1) is 9.40. The summed E-state index contributed by atoms with van der Waals surface area (Å²) in [6.07, 6.45) is 0. The molecule has 0 amide bonds. The van der Waals surface area contributed by atoms with Gasteiger partial charge in [0.15, 0.2) is 0 Å². The Kier molecular flexibility index (Phi) is 6.69. The van der Waals surface area contributed by atoms with Gasteiger partial charge in [0, 0.05) is 32.9 Å². The zero-order valence-corrected chi connectivity index (χ0v) is 14.0. The normalized spacial score (nSPS) is 14.8. The van der Waals surface area contributed by atoms with E-state index in [1.165, 1.54) is 0 Å². The van der Waals surface area contributed by atoms with Gasteiger partial charge in [-0.3, -0.25) is 4.21 Å². The molecule has 114 valence electrons. The molecule has 3 nitrogen and oxygen atoms in total. The number of benzene rings is 1. The summed E-state index contributed by atoms with van der Waals surface area (Å²) in [4.78, 5) is 0. The fraction of sp³-hybridized carbons (Fsp3) is 0.625. The van der Waals surface area contributed by atoms with Crippen molar-refractivity contribution in [2.24, 2.45) is 0 Å². The molecule has 20 heavy (non-hydrogen) atoms. The van der Waals surface area contributed by atoms with Crippen LogP contribution in [-0.4, -0.2) is 27.9 Å². The van der Waals surface area contributed by atoms with Crippen LogP contribution in [0.25, 0.3) is 0 Å². The van der Waals surface area contributed by atoms with Crippen LogP contribution in [0, 0.1) is 0 Å². The minimum Gasteiger partial charge on any atom is -0.494 e. The highest BCUT2D eigenvalue weighted by molar-refractivity contribution is 7.86. The SMILES string of the molecule is CCNC(CS(=O)C(C)(C)C)c1ccccc1OCC. The van der Waals surface area contributed by atoms with E-state index in [1.54, 1.807) is 0 Å². The van der Waals surface area contributed by atoms with E-state index < -0.39 is 10.8 Å². The van der Waals surface area contributed by atoms with Crippen molar-refractivity contribution in [3.05, 3.63) is 29.8 Å². The summed E-state index contributed by atoms with van der Waals surface area (Å²) in [6.45, 7) is 11.6. The minimum absolute atomic E-state index is 0.0582. The molecule has 0 spiro atoms. The molecule has 2 atom stereocenters. The highest BCUT2D eigenvalue weighted by Crippen LogP contribution is 2.27. The van der Waals surface area contributed by atoms with Gasteiger partial charge < -0.3 is 10.1 Å². The average Bonchev–Trinajstić information content (AvgIpc) is 2.38. The van der Waals surface area contributed by atoms with Crippen molar-refractivity contribution in [2.75, 3.05) is 18.9 Å². The van der Waals surface area contributed by atoms with E-state index in [4.69, 9.17) is 4.74 Å². The van der Waals surface area contributed by atoms with Crippen LogP contribution in [0.4, 0.5) is 0 Å². The van der Waals surface area contributed by atoms with Crippen LogP contribution in [0.15, 0.2) is 24.3 Å². The fourth-order valence-electron chi connectivity index (χ4n) is 1.96. The Hall–Kier alpha value is -0.870. The number of para-hydroxylation sites is 1. The quantitative estimate of drug-likeness (QED) is 0.839. The highest BCUT2D eigenvalue weighted by atomic mass is 32.2. The number of rotatable bonds is 7. The third-order valence-corrected chi connectivity index (χ3v) is 5.05. The molecule has 0 aliphatic heterocycles. The van der Waals surface area contributed by atoms with E-state index in [9.17, 15) is 4.21 Å². The van der Waals surface area contributed by atoms with Crippen molar-refractivity contribution in [3.8, 4) is 5.75 Å². The number of nitrogens with one attached hydrogen (secondary N) is 1. The molecule has 0 saturated carbocycles. The first-order valence-electron chi connectivity index (χ1n) is 7.23. The largest absolute Gasteiger partial charge is 0.494 e. The van der Waals surface area contributed by atoms with E-state index >= 15 is 0 Å². The zero-order chi connectivity index (χ0) is 15.2. The number of hydrogen-bond donors (Lipinski definition) is 1. The van der Waals surface area contributed by atoms with E-state index in [2.05, 4.69) is 18.3 Å². The Morgan fingerprint density at radius 3 is 2.45 bits per heavy atom. The first kappa shape index (κ1) is 17.2. The lowest BCUT2D eigenvalue weighted by atomic mass is 10.1. The summed E-state index contributed by atoms with van der Waals surface area (Å²) in [7, 11) is -0.900. The molecule has 0 aliphatic carbocycles. The lowest BCUT2D eigenvalue weighted by molar-refractivity contribution is 0.333. The summed E-state index contributed by atoms with van der Waals surface area (Å²) in [5.74, 6) is 1.48. The summed E-state index contributed by atoms with van der Waals surface area (Å²) >= 11 is 0. The summed E-state index contributed by atoms with van der Waals surface area (Å²) in [5, 5.41) is 3.43. The second kappa shape index (κ2) is 7.79. The molecule has 1 aromatic rings.